The second-order valence-corrected chi connectivity index (χ2v) is 7.35. The van der Waals surface area contributed by atoms with Crippen LogP contribution in [0.5, 0.6) is 0 Å². The molecule has 1 aromatic rings. The molecular weight excluding hydrogens is 312 g/mol. The quantitative estimate of drug-likeness (QED) is 0.922. The molecule has 4 nitrogen and oxygen atoms in total. The third-order valence-electron chi connectivity index (χ3n) is 4.93. The molecule has 2 saturated heterocycles. The van der Waals surface area contributed by atoms with E-state index in [1.54, 1.807) is 0 Å². The number of rotatable bonds is 3. The molecular formula is C18H25ClN2O2. The Bertz CT molecular complexity index is 578. The zero-order chi connectivity index (χ0) is 16.4. The van der Waals surface area contributed by atoms with Gasteiger partial charge in [-0.15, -0.1) is 0 Å². The number of carbonyl (C=O) groups is 1. The minimum absolute atomic E-state index is 0.0427. The summed E-state index contributed by atoms with van der Waals surface area (Å²) >= 11 is 6.25. The Balaban J connectivity index is 1.62. The van der Waals surface area contributed by atoms with Crippen LogP contribution in [-0.4, -0.2) is 59.6 Å². The summed E-state index contributed by atoms with van der Waals surface area (Å²) in [6, 6.07) is 5.62. The first-order chi connectivity index (χ1) is 11.0. The van der Waals surface area contributed by atoms with Crippen molar-refractivity contribution in [2.45, 2.75) is 32.3 Å². The van der Waals surface area contributed by atoms with Crippen LogP contribution in [0.4, 0.5) is 0 Å². The Labute approximate surface area is 143 Å². The summed E-state index contributed by atoms with van der Waals surface area (Å²) < 4.78 is 0. The maximum absolute atomic E-state index is 12.8. The van der Waals surface area contributed by atoms with Gasteiger partial charge < -0.3 is 14.9 Å². The van der Waals surface area contributed by atoms with Crippen LogP contribution in [0.15, 0.2) is 18.2 Å². The number of β-amino-alcohol motifs (C(OH)–C–C–N with tert-alkyl or cyclic N) is 1. The Morgan fingerprint density at radius 2 is 2.13 bits per heavy atom. The number of nitrogens with zero attached hydrogens (tertiary/aromatic N) is 2. The van der Waals surface area contributed by atoms with E-state index >= 15 is 0 Å². The second-order valence-electron chi connectivity index (χ2n) is 6.94. The van der Waals surface area contributed by atoms with Gasteiger partial charge >= 0.3 is 0 Å². The molecule has 1 amide bonds. The normalized spacial score (nSPS) is 25.8. The molecule has 2 atom stereocenters. The van der Waals surface area contributed by atoms with E-state index in [9.17, 15) is 9.90 Å². The summed E-state index contributed by atoms with van der Waals surface area (Å²) in [5, 5.41) is 10.2. The lowest BCUT2D eigenvalue weighted by molar-refractivity contribution is 0.0642. The summed E-state index contributed by atoms with van der Waals surface area (Å²) in [4.78, 5) is 17.0. The van der Waals surface area contributed by atoms with Gasteiger partial charge in [-0.25, -0.2) is 0 Å². The summed E-state index contributed by atoms with van der Waals surface area (Å²) in [6.07, 6.45) is 2.88. The molecule has 0 aliphatic carbocycles. The highest BCUT2D eigenvalue weighted by atomic mass is 35.5. The minimum atomic E-state index is -0.178. The van der Waals surface area contributed by atoms with Crippen LogP contribution in [-0.2, 0) is 0 Å². The van der Waals surface area contributed by atoms with Crippen LogP contribution in [0, 0.1) is 12.8 Å². The maximum atomic E-state index is 12.8. The summed E-state index contributed by atoms with van der Waals surface area (Å²) in [5.74, 6) is 0.531. The van der Waals surface area contributed by atoms with Crippen molar-refractivity contribution < 1.29 is 9.90 Å². The monoisotopic (exact) mass is 336 g/mol. The van der Waals surface area contributed by atoms with E-state index < -0.39 is 0 Å². The van der Waals surface area contributed by atoms with Crippen molar-refractivity contribution in [3.05, 3.63) is 34.3 Å². The number of carbonyl (C=O) groups excluding carboxylic acids is 1. The van der Waals surface area contributed by atoms with Gasteiger partial charge in [-0.2, -0.15) is 0 Å². The minimum Gasteiger partial charge on any atom is -0.392 e. The molecule has 2 aliphatic heterocycles. The van der Waals surface area contributed by atoms with Crippen molar-refractivity contribution in [1.29, 1.82) is 0 Å². The van der Waals surface area contributed by atoms with E-state index in [2.05, 4.69) is 4.90 Å². The van der Waals surface area contributed by atoms with Crippen molar-refractivity contribution in [1.82, 2.24) is 9.80 Å². The van der Waals surface area contributed by atoms with Crippen LogP contribution in [0.25, 0.3) is 0 Å². The lowest BCUT2D eigenvalue weighted by Crippen LogP contribution is -2.43. The van der Waals surface area contributed by atoms with Crippen LogP contribution in [0.2, 0.25) is 5.02 Å². The Morgan fingerprint density at radius 1 is 1.30 bits per heavy atom. The summed E-state index contributed by atoms with van der Waals surface area (Å²) in [7, 11) is 0. The van der Waals surface area contributed by atoms with Gasteiger partial charge in [-0.1, -0.05) is 17.7 Å². The fourth-order valence-corrected chi connectivity index (χ4v) is 4.02. The molecule has 23 heavy (non-hydrogen) atoms. The van der Waals surface area contributed by atoms with Crippen LogP contribution >= 0.6 is 11.6 Å². The maximum Gasteiger partial charge on any atom is 0.255 e. The summed E-state index contributed by atoms with van der Waals surface area (Å²) in [5.41, 5.74) is 1.67. The molecule has 3 rings (SSSR count). The molecule has 5 heteroatoms. The van der Waals surface area contributed by atoms with E-state index in [-0.39, 0.29) is 12.0 Å². The van der Waals surface area contributed by atoms with Gasteiger partial charge in [0.2, 0.25) is 0 Å². The highest BCUT2D eigenvalue weighted by Crippen LogP contribution is 2.24. The van der Waals surface area contributed by atoms with Gasteiger partial charge in [-0.05, 0) is 49.8 Å². The van der Waals surface area contributed by atoms with Gasteiger partial charge in [0.25, 0.3) is 5.91 Å². The number of amides is 1. The number of benzene rings is 1. The molecule has 0 radical (unpaired) electrons. The number of aliphatic hydroxyl groups is 1. The molecule has 0 bridgehead atoms. The third-order valence-corrected chi connectivity index (χ3v) is 5.24. The number of aryl methyl sites for hydroxylation is 1. The number of aliphatic hydroxyl groups excluding tert-OH is 1. The van der Waals surface area contributed by atoms with E-state index in [0.29, 0.717) is 16.5 Å². The number of piperidine rings is 1. The van der Waals surface area contributed by atoms with Crippen molar-refractivity contribution >= 4 is 17.5 Å². The highest BCUT2D eigenvalue weighted by Gasteiger charge is 2.29. The smallest absolute Gasteiger partial charge is 0.255 e. The molecule has 2 fully saturated rings. The fourth-order valence-electron chi connectivity index (χ4n) is 3.71. The number of hydrogen-bond acceptors (Lipinski definition) is 3. The average Bonchev–Trinajstić information content (AvgIpc) is 2.92. The zero-order valence-electron chi connectivity index (χ0n) is 13.7. The molecule has 1 N–H and O–H groups in total. The molecule has 2 unspecified atom stereocenters. The van der Waals surface area contributed by atoms with Gasteiger partial charge in [0, 0.05) is 32.7 Å². The lowest BCUT2D eigenvalue weighted by Gasteiger charge is -2.35. The van der Waals surface area contributed by atoms with E-state index in [1.807, 2.05) is 30.0 Å². The predicted molar refractivity (Wildman–Crippen MR) is 91.9 cm³/mol. The molecule has 0 saturated carbocycles. The highest BCUT2D eigenvalue weighted by molar-refractivity contribution is 6.33. The first kappa shape index (κ1) is 16.7. The topological polar surface area (TPSA) is 43.8 Å². The van der Waals surface area contributed by atoms with Crippen LogP contribution in [0.3, 0.4) is 0 Å². The lowest BCUT2D eigenvalue weighted by atomic mass is 9.96. The number of hydrogen-bond donors (Lipinski definition) is 1. The molecule has 0 spiro atoms. The van der Waals surface area contributed by atoms with Crippen molar-refractivity contribution in [3.8, 4) is 0 Å². The zero-order valence-corrected chi connectivity index (χ0v) is 14.4. The molecule has 0 aromatic heterocycles. The SMILES string of the molecule is Cc1ccc(C(=O)N2CCCC(CN3CCC(O)C3)C2)c(Cl)c1. The first-order valence-electron chi connectivity index (χ1n) is 8.49. The Kier molecular flexibility index (Phi) is 5.24. The average molecular weight is 337 g/mol. The van der Waals surface area contributed by atoms with Gasteiger partial charge in [0.1, 0.15) is 0 Å². The number of likely N-dealkylation sites (tertiary alicyclic amines) is 2. The van der Waals surface area contributed by atoms with E-state index in [1.165, 1.54) is 0 Å². The predicted octanol–water partition coefficient (Wildman–Crippen LogP) is 2.57. The van der Waals surface area contributed by atoms with E-state index in [0.717, 1.165) is 57.5 Å². The third kappa shape index (κ3) is 4.06. The first-order valence-corrected chi connectivity index (χ1v) is 8.86. The van der Waals surface area contributed by atoms with Crippen molar-refractivity contribution in [2.75, 3.05) is 32.7 Å². The molecule has 2 aliphatic rings. The molecule has 126 valence electrons. The standard InChI is InChI=1S/C18H25ClN2O2/c1-13-4-5-16(17(19)9-13)18(23)21-7-2-3-14(11-21)10-20-8-6-15(22)12-20/h4-5,9,14-15,22H,2-3,6-8,10-12H2,1H3. The number of halogens is 1. The molecule has 2 heterocycles. The summed E-state index contributed by atoms with van der Waals surface area (Å²) in [6.45, 7) is 6.28. The van der Waals surface area contributed by atoms with Crippen LogP contribution < -0.4 is 0 Å². The van der Waals surface area contributed by atoms with Crippen LogP contribution in [0.1, 0.15) is 35.2 Å². The van der Waals surface area contributed by atoms with Gasteiger partial charge in [-0.3, -0.25) is 4.79 Å². The Morgan fingerprint density at radius 3 is 2.83 bits per heavy atom. The Hall–Kier alpha value is -1.10. The van der Waals surface area contributed by atoms with Crippen molar-refractivity contribution in [2.24, 2.45) is 5.92 Å². The van der Waals surface area contributed by atoms with Gasteiger partial charge in [0.05, 0.1) is 16.7 Å². The molecule has 1 aromatic carbocycles. The fraction of sp³-hybridized carbons (Fsp3) is 0.611. The van der Waals surface area contributed by atoms with E-state index in [4.69, 9.17) is 11.6 Å². The second kappa shape index (κ2) is 7.20. The van der Waals surface area contributed by atoms with Gasteiger partial charge in [0.15, 0.2) is 0 Å². The largest absolute Gasteiger partial charge is 0.392 e. The van der Waals surface area contributed by atoms with Crippen molar-refractivity contribution in [3.63, 3.8) is 0 Å².